The fraction of sp³-hybridized carbons (Fsp3) is 0.500. The minimum Gasteiger partial charge on any atom is -0.323 e. The van der Waals surface area contributed by atoms with Crippen LogP contribution in [0.4, 0.5) is 0 Å². The second-order valence-electron chi connectivity index (χ2n) is 0.559. The van der Waals surface area contributed by atoms with Gasteiger partial charge in [0.1, 0.15) is 0 Å². The third kappa shape index (κ3) is 4.36. The highest BCUT2D eigenvalue weighted by Crippen LogP contribution is 1.76. The number of carbonyl (C=O) groups excluding carboxylic acids is 1. The number of hydrogen-bond donors (Lipinski definition) is 1. The van der Waals surface area contributed by atoms with Crippen LogP contribution in [0.3, 0.4) is 0 Å². The van der Waals surface area contributed by atoms with Crippen molar-refractivity contribution >= 4 is 26.4 Å². The predicted octanol–water partition coefficient (Wildman–Crippen LogP) is -0.0933. The van der Waals surface area contributed by atoms with E-state index in [1.54, 1.807) is 22.6 Å². The quantitative estimate of drug-likeness (QED) is 0.458. The molecule has 0 aliphatic carbocycles. The lowest BCUT2D eigenvalue weighted by atomic mass is 10.8. The first kappa shape index (κ1) is 5.36. The van der Waals surface area contributed by atoms with Gasteiger partial charge in [-0.05, 0) is 0 Å². The molecule has 2 nitrogen and oxygen atoms in total. The molecule has 0 rings (SSSR count). The molecule has 2 N–H and O–H groups in total. The van der Waals surface area contributed by atoms with Crippen molar-refractivity contribution < 1.29 is 4.79 Å². The predicted molar refractivity (Wildman–Crippen MR) is 28.1 cm³/mol. The van der Waals surface area contributed by atoms with Crippen molar-refractivity contribution in [1.82, 2.24) is 0 Å². The maximum Gasteiger partial charge on any atom is 0.205 e. The number of carbonyl (C=O) groups is 1. The summed E-state index contributed by atoms with van der Waals surface area (Å²) in [7, 11) is 0. The first-order chi connectivity index (χ1) is 2.27. The van der Waals surface area contributed by atoms with E-state index in [0.717, 1.165) is 0 Å². The molecule has 0 unspecified atom stereocenters. The van der Waals surface area contributed by atoms with E-state index in [2.05, 4.69) is 0 Å². The standard InChI is InChI=1S/C2H4INO/c3-2(5)1-4/h1,4H2. The number of rotatable bonds is 1. The zero-order chi connectivity index (χ0) is 4.28. The van der Waals surface area contributed by atoms with Crippen molar-refractivity contribution in [3.63, 3.8) is 0 Å². The number of hydrogen-bond acceptors (Lipinski definition) is 2. The van der Waals surface area contributed by atoms with Gasteiger partial charge in [0.25, 0.3) is 0 Å². The van der Waals surface area contributed by atoms with E-state index in [4.69, 9.17) is 5.73 Å². The van der Waals surface area contributed by atoms with E-state index >= 15 is 0 Å². The van der Waals surface area contributed by atoms with Gasteiger partial charge in [-0.1, -0.05) is 0 Å². The lowest BCUT2D eigenvalue weighted by Gasteiger charge is -1.70. The van der Waals surface area contributed by atoms with Crippen LogP contribution in [0.1, 0.15) is 0 Å². The monoisotopic (exact) mass is 185 g/mol. The first-order valence-corrected chi connectivity index (χ1v) is 2.23. The highest BCUT2D eigenvalue weighted by atomic mass is 127. The molecule has 0 amide bonds. The van der Waals surface area contributed by atoms with Gasteiger partial charge in [0, 0.05) is 22.6 Å². The van der Waals surface area contributed by atoms with Gasteiger partial charge in [-0.2, -0.15) is 0 Å². The Labute approximate surface area is 43.9 Å². The maximum atomic E-state index is 9.67. The molecule has 0 heterocycles. The Morgan fingerprint density at radius 3 is 2.20 bits per heavy atom. The van der Waals surface area contributed by atoms with E-state index in [-0.39, 0.29) is 10.3 Å². The zero-order valence-electron chi connectivity index (χ0n) is 2.57. The third-order valence-electron chi connectivity index (χ3n) is 0.160. The van der Waals surface area contributed by atoms with Crippen LogP contribution in [0, 0.1) is 0 Å². The molecule has 0 saturated heterocycles. The summed E-state index contributed by atoms with van der Waals surface area (Å²) in [5.74, 6) is 0. The molecule has 0 aliphatic heterocycles. The molecule has 5 heavy (non-hydrogen) atoms. The third-order valence-corrected chi connectivity index (χ3v) is 0.601. The van der Waals surface area contributed by atoms with Crippen molar-refractivity contribution in [1.29, 1.82) is 0 Å². The van der Waals surface area contributed by atoms with Gasteiger partial charge in [-0.3, -0.25) is 4.79 Å². The Bertz CT molecular complexity index is 44.9. The fourth-order valence-electron chi connectivity index (χ4n) is 0. The van der Waals surface area contributed by atoms with Crippen molar-refractivity contribution in [2.24, 2.45) is 5.73 Å². The normalized spacial score (nSPS) is 7.60. The molecule has 0 atom stereocenters. The van der Waals surface area contributed by atoms with E-state index < -0.39 is 0 Å². The number of nitrogens with two attached hydrogens (primary N) is 1. The van der Waals surface area contributed by atoms with Gasteiger partial charge < -0.3 is 5.73 Å². The molecule has 0 radical (unpaired) electrons. The molecular formula is C2H4INO. The minimum atomic E-state index is 0.00241. The van der Waals surface area contributed by atoms with Crippen LogP contribution in [-0.4, -0.2) is 10.3 Å². The lowest BCUT2D eigenvalue weighted by molar-refractivity contribution is -0.108. The minimum absolute atomic E-state index is 0.00241. The van der Waals surface area contributed by atoms with Gasteiger partial charge in [-0.15, -0.1) is 0 Å². The van der Waals surface area contributed by atoms with Crippen LogP contribution in [0.25, 0.3) is 0 Å². The smallest absolute Gasteiger partial charge is 0.205 e. The maximum absolute atomic E-state index is 9.67. The lowest BCUT2D eigenvalue weighted by Crippen LogP contribution is -2.04. The molecule has 0 saturated carbocycles. The van der Waals surface area contributed by atoms with E-state index in [1.807, 2.05) is 0 Å². The molecular weight excluding hydrogens is 181 g/mol. The Kier molecular flexibility index (Phi) is 2.78. The van der Waals surface area contributed by atoms with Crippen LogP contribution in [0.2, 0.25) is 0 Å². The first-order valence-electron chi connectivity index (χ1n) is 1.15. The Balaban J connectivity index is 2.85. The Morgan fingerprint density at radius 2 is 2.20 bits per heavy atom. The van der Waals surface area contributed by atoms with Crippen molar-refractivity contribution in [2.75, 3.05) is 6.54 Å². The van der Waals surface area contributed by atoms with Gasteiger partial charge in [-0.25, -0.2) is 0 Å². The molecule has 30 valence electrons. The van der Waals surface area contributed by atoms with Crippen LogP contribution in [0.5, 0.6) is 0 Å². The van der Waals surface area contributed by atoms with Crippen molar-refractivity contribution in [3.05, 3.63) is 0 Å². The van der Waals surface area contributed by atoms with Gasteiger partial charge in [0.2, 0.25) is 3.79 Å². The van der Waals surface area contributed by atoms with Crippen LogP contribution in [0.15, 0.2) is 0 Å². The van der Waals surface area contributed by atoms with Crippen molar-refractivity contribution in [2.45, 2.75) is 0 Å². The van der Waals surface area contributed by atoms with E-state index in [9.17, 15) is 4.79 Å². The summed E-state index contributed by atoms with van der Waals surface area (Å²) < 4.78 is 0.00241. The Hall–Kier alpha value is 0.360. The topological polar surface area (TPSA) is 43.1 Å². The molecule has 0 aromatic rings. The molecule has 0 bridgehead atoms. The summed E-state index contributed by atoms with van der Waals surface area (Å²) in [5.41, 5.74) is 4.81. The summed E-state index contributed by atoms with van der Waals surface area (Å²) >= 11 is 1.64. The van der Waals surface area contributed by atoms with Gasteiger partial charge in [0.05, 0.1) is 6.54 Å². The largest absolute Gasteiger partial charge is 0.323 e. The molecule has 0 spiro atoms. The van der Waals surface area contributed by atoms with E-state index in [0.29, 0.717) is 0 Å². The fourth-order valence-corrected chi connectivity index (χ4v) is 0. The summed E-state index contributed by atoms with van der Waals surface area (Å²) in [6.45, 7) is 0.153. The Morgan fingerprint density at radius 1 is 2.00 bits per heavy atom. The average Bonchev–Trinajstić information content (AvgIpc) is 1.38. The SMILES string of the molecule is NCC(=O)I. The van der Waals surface area contributed by atoms with Crippen LogP contribution in [-0.2, 0) is 4.79 Å². The highest BCUT2D eigenvalue weighted by molar-refractivity contribution is 14.1. The van der Waals surface area contributed by atoms with Crippen LogP contribution < -0.4 is 5.73 Å². The van der Waals surface area contributed by atoms with Crippen LogP contribution >= 0.6 is 22.6 Å². The van der Waals surface area contributed by atoms with Gasteiger partial charge in [0.15, 0.2) is 0 Å². The van der Waals surface area contributed by atoms with E-state index in [1.165, 1.54) is 0 Å². The summed E-state index contributed by atoms with van der Waals surface area (Å²) in [4.78, 5) is 9.67. The second kappa shape index (κ2) is 2.59. The molecule has 3 heteroatoms. The molecule has 0 aliphatic rings. The average molecular weight is 185 g/mol. The number of halogens is 1. The summed E-state index contributed by atoms with van der Waals surface area (Å²) in [5, 5.41) is 0. The summed E-state index contributed by atoms with van der Waals surface area (Å²) in [6, 6.07) is 0. The molecule has 0 aromatic heterocycles. The zero-order valence-corrected chi connectivity index (χ0v) is 4.73. The summed E-state index contributed by atoms with van der Waals surface area (Å²) in [6.07, 6.45) is 0. The van der Waals surface area contributed by atoms with Crippen molar-refractivity contribution in [3.8, 4) is 0 Å². The van der Waals surface area contributed by atoms with Gasteiger partial charge >= 0.3 is 0 Å². The second-order valence-corrected chi connectivity index (χ2v) is 1.76. The molecule has 0 aromatic carbocycles. The highest BCUT2D eigenvalue weighted by Gasteiger charge is 1.80. The molecule has 0 fully saturated rings.